The molecule has 0 atom stereocenters. The molecule has 108 valence electrons. The van der Waals surface area contributed by atoms with Gasteiger partial charge in [-0.25, -0.2) is 0 Å². The van der Waals surface area contributed by atoms with Crippen LogP contribution in [0.5, 0.6) is 5.75 Å². The van der Waals surface area contributed by atoms with Crippen molar-refractivity contribution in [3.05, 3.63) is 58.7 Å². The van der Waals surface area contributed by atoms with E-state index < -0.39 is 0 Å². The lowest BCUT2D eigenvalue weighted by molar-refractivity contribution is 0.102. The van der Waals surface area contributed by atoms with Gasteiger partial charge in [0.1, 0.15) is 5.75 Å². The number of hydrogen-bond donors (Lipinski definition) is 3. The van der Waals surface area contributed by atoms with Crippen LogP contribution in [0.3, 0.4) is 0 Å². The van der Waals surface area contributed by atoms with Crippen LogP contribution in [0.4, 0.5) is 5.69 Å². The average Bonchev–Trinajstić information content (AvgIpc) is 2.47. The average molecular weight is 282 g/mol. The van der Waals surface area contributed by atoms with Gasteiger partial charge in [0.15, 0.2) is 0 Å². The molecule has 4 heteroatoms. The van der Waals surface area contributed by atoms with Crippen LogP contribution in [0, 0.1) is 6.92 Å². The van der Waals surface area contributed by atoms with Crippen LogP contribution in [0.25, 0.3) is 0 Å². The molecule has 2 aromatic carbocycles. The van der Waals surface area contributed by atoms with Crippen molar-refractivity contribution < 1.29 is 9.90 Å². The predicted octanol–water partition coefficient (Wildman–Crippen LogP) is 2.60. The highest BCUT2D eigenvalue weighted by molar-refractivity contribution is 6.06. The molecule has 0 bridgehead atoms. The van der Waals surface area contributed by atoms with E-state index in [1.54, 1.807) is 12.1 Å². The zero-order chi connectivity index (χ0) is 14.8. The van der Waals surface area contributed by atoms with Gasteiger partial charge in [-0.3, -0.25) is 4.79 Å². The van der Waals surface area contributed by atoms with Crippen LogP contribution in [-0.2, 0) is 13.0 Å². The van der Waals surface area contributed by atoms with Crippen molar-refractivity contribution >= 4 is 11.6 Å². The molecule has 2 aromatic rings. The zero-order valence-electron chi connectivity index (χ0n) is 11.9. The maximum Gasteiger partial charge on any atom is 0.259 e. The molecular formula is C17H18N2O2. The number of rotatable bonds is 2. The van der Waals surface area contributed by atoms with Crippen molar-refractivity contribution in [1.29, 1.82) is 0 Å². The van der Waals surface area contributed by atoms with Gasteiger partial charge in [-0.15, -0.1) is 0 Å². The van der Waals surface area contributed by atoms with E-state index in [2.05, 4.69) is 16.7 Å². The number of carbonyl (C=O) groups is 1. The lowest BCUT2D eigenvalue weighted by Crippen LogP contribution is -2.25. The van der Waals surface area contributed by atoms with Gasteiger partial charge in [0.05, 0.1) is 5.56 Å². The quantitative estimate of drug-likeness (QED) is 0.793. The Hall–Kier alpha value is -2.33. The van der Waals surface area contributed by atoms with Crippen molar-refractivity contribution in [2.75, 3.05) is 11.9 Å². The highest BCUT2D eigenvalue weighted by Crippen LogP contribution is 2.25. The fraction of sp³-hybridized carbons (Fsp3) is 0.235. The normalized spacial score (nSPS) is 13.6. The molecule has 3 N–H and O–H groups in total. The van der Waals surface area contributed by atoms with Crippen LogP contribution >= 0.6 is 0 Å². The molecule has 1 aliphatic rings. The largest absolute Gasteiger partial charge is 0.507 e. The number of carbonyl (C=O) groups excluding carboxylic acids is 1. The topological polar surface area (TPSA) is 61.4 Å². The monoisotopic (exact) mass is 282 g/mol. The second-order valence-electron chi connectivity index (χ2n) is 5.34. The Bertz CT molecular complexity index is 695. The molecule has 0 aromatic heterocycles. The van der Waals surface area contributed by atoms with E-state index in [0.29, 0.717) is 5.56 Å². The first-order chi connectivity index (χ1) is 10.1. The van der Waals surface area contributed by atoms with Crippen molar-refractivity contribution in [2.45, 2.75) is 19.9 Å². The SMILES string of the molecule is Cc1ccc(C(=O)Nc2cccc3c2CCNC3)c(O)c1. The summed E-state index contributed by atoms with van der Waals surface area (Å²) in [7, 11) is 0. The summed E-state index contributed by atoms with van der Waals surface area (Å²) in [6.07, 6.45) is 0.895. The van der Waals surface area contributed by atoms with E-state index >= 15 is 0 Å². The zero-order valence-corrected chi connectivity index (χ0v) is 11.9. The second kappa shape index (κ2) is 5.58. The van der Waals surface area contributed by atoms with Crippen molar-refractivity contribution in [3.63, 3.8) is 0 Å². The molecule has 0 saturated carbocycles. The first-order valence-electron chi connectivity index (χ1n) is 7.07. The minimum atomic E-state index is -0.278. The number of anilines is 1. The smallest absolute Gasteiger partial charge is 0.259 e. The summed E-state index contributed by atoms with van der Waals surface area (Å²) in [6.45, 7) is 3.62. The maximum absolute atomic E-state index is 12.3. The Morgan fingerprint density at radius 1 is 1.29 bits per heavy atom. The van der Waals surface area contributed by atoms with Crippen molar-refractivity contribution in [1.82, 2.24) is 5.32 Å². The first-order valence-corrected chi connectivity index (χ1v) is 7.07. The minimum absolute atomic E-state index is 0.0129. The van der Waals surface area contributed by atoms with Gasteiger partial charge in [-0.05, 0) is 54.8 Å². The molecule has 0 fully saturated rings. The summed E-state index contributed by atoms with van der Waals surface area (Å²) in [6, 6.07) is 11.0. The van der Waals surface area contributed by atoms with Crippen molar-refractivity contribution in [3.8, 4) is 5.75 Å². The lowest BCUT2D eigenvalue weighted by Gasteiger charge is -2.20. The highest BCUT2D eigenvalue weighted by atomic mass is 16.3. The number of aryl methyl sites for hydroxylation is 1. The number of fused-ring (bicyclic) bond motifs is 1. The molecule has 1 amide bonds. The first kappa shape index (κ1) is 13.6. The summed E-state index contributed by atoms with van der Waals surface area (Å²) in [4.78, 5) is 12.3. The van der Waals surface area contributed by atoms with E-state index in [0.717, 1.165) is 30.8 Å². The predicted molar refractivity (Wildman–Crippen MR) is 82.6 cm³/mol. The van der Waals surface area contributed by atoms with Crippen LogP contribution in [0.2, 0.25) is 0 Å². The molecule has 3 rings (SSSR count). The summed E-state index contributed by atoms with van der Waals surface area (Å²) in [5.74, 6) is -0.265. The molecule has 21 heavy (non-hydrogen) atoms. The molecule has 0 spiro atoms. The number of benzene rings is 2. The van der Waals surface area contributed by atoms with Gasteiger partial charge in [-0.2, -0.15) is 0 Å². The number of amides is 1. The molecule has 0 radical (unpaired) electrons. The molecule has 0 unspecified atom stereocenters. The molecule has 1 heterocycles. The standard InChI is InChI=1S/C17H18N2O2/c1-11-5-6-14(16(20)9-11)17(21)19-15-4-2-3-12-10-18-8-7-13(12)15/h2-6,9,18,20H,7-8,10H2,1H3,(H,19,21). The number of hydrogen-bond acceptors (Lipinski definition) is 3. The Labute approximate surface area is 123 Å². The van der Waals surface area contributed by atoms with Crippen LogP contribution in [0.1, 0.15) is 27.0 Å². The molecular weight excluding hydrogens is 264 g/mol. The third-order valence-electron chi connectivity index (χ3n) is 3.79. The van der Waals surface area contributed by atoms with Crippen LogP contribution < -0.4 is 10.6 Å². The second-order valence-corrected chi connectivity index (χ2v) is 5.34. The Morgan fingerprint density at radius 2 is 2.14 bits per heavy atom. The van der Waals surface area contributed by atoms with Crippen LogP contribution in [0.15, 0.2) is 36.4 Å². The fourth-order valence-corrected chi connectivity index (χ4v) is 2.67. The minimum Gasteiger partial charge on any atom is -0.507 e. The molecule has 4 nitrogen and oxygen atoms in total. The van der Waals surface area contributed by atoms with E-state index in [1.807, 2.05) is 25.1 Å². The van der Waals surface area contributed by atoms with E-state index in [-0.39, 0.29) is 11.7 Å². The Balaban J connectivity index is 1.88. The Morgan fingerprint density at radius 3 is 2.95 bits per heavy atom. The number of phenols is 1. The molecule has 0 aliphatic carbocycles. The number of phenolic OH excluding ortho intramolecular Hbond substituents is 1. The summed E-state index contributed by atoms with van der Waals surface area (Å²) in [5.41, 5.74) is 4.45. The summed E-state index contributed by atoms with van der Waals surface area (Å²) < 4.78 is 0. The van der Waals surface area contributed by atoms with E-state index in [9.17, 15) is 9.90 Å². The maximum atomic E-state index is 12.3. The van der Waals surface area contributed by atoms with Crippen molar-refractivity contribution in [2.24, 2.45) is 0 Å². The van der Waals surface area contributed by atoms with Gasteiger partial charge in [0.2, 0.25) is 0 Å². The lowest BCUT2D eigenvalue weighted by atomic mass is 9.99. The summed E-state index contributed by atoms with van der Waals surface area (Å²) in [5, 5.41) is 16.1. The van der Waals surface area contributed by atoms with E-state index in [1.165, 1.54) is 11.1 Å². The third kappa shape index (κ3) is 2.76. The van der Waals surface area contributed by atoms with Gasteiger partial charge >= 0.3 is 0 Å². The highest BCUT2D eigenvalue weighted by Gasteiger charge is 2.16. The number of aromatic hydroxyl groups is 1. The third-order valence-corrected chi connectivity index (χ3v) is 3.79. The van der Waals surface area contributed by atoms with Gasteiger partial charge < -0.3 is 15.7 Å². The fourth-order valence-electron chi connectivity index (χ4n) is 2.67. The van der Waals surface area contributed by atoms with Gasteiger partial charge in [0, 0.05) is 12.2 Å². The van der Waals surface area contributed by atoms with Gasteiger partial charge in [0.25, 0.3) is 5.91 Å². The van der Waals surface area contributed by atoms with Crippen LogP contribution in [-0.4, -0.2) is 17.6 Å². The number of nitrogens with one attached hydrogen (secondary N) is 2. The van der Waals surface area contributed by atoms with E-state index in [4.69, 9.17) is 0 Å². The molecule has 1 aliphatic heterocycles. The van der Waals surface area contributed by atoms with Gasteiger partial charge in [-0.1, -0.05) is 18.2 Å². The Kier molecular flexibility index (Phi) is 3.62. The molecule has 0 saturated heterocycles. The summed E-state index contributed by atoms with van der Waals surface area (Å²) >= 11 is 0.